The number of likely N-dealkylation sites (N-methyl/N-ethyl adjacent to an activating group) is 1. The molecule has 5 nitrogen and oxygen atoms in total. The number of carbonyl (C=O) groups is 1. The Kier molecular flexibility index (Phi) is 7.51. The van der Waals surface area contributed by atoms with Gasteiger partial charge in [-0.3, -0.25) is 14.4 Å². The third-order valence-corrected chi connectivity index (χ3v) is 8.10. The van der Waals surface area contributed by atoms with Crippen LogP contribution in [0.2, 0.25) is 5.15 Å². The van der Waals surface area contributed by atoms with Crippen LogP contribution in [-0.2, 0) is 20.0 Å². The van der Waals surface area contributed by atoms with Crippen LogP contribution in [-0.4, -0.2) is 51.7 Å². The Hall–Kier alpha value is -2.22. The third kappa shape index (κ3) is 5.31. The number of nitrogens with zero attached hydrogens (tertiary/aromatic N) is 4. The first-order chi connectivity index (χ1) is 15.8. The number of benzene rings is 1. The summed E-state index contributed by atoms with van der Waals surface area (Å²) < 4.78 is 16.2. The van der Waals surface area contributed by atoms with Crippen LogP contribution < -0.4 is 0 Å². The maximum atomic E-state index is 14.5. The molecule has 176 valence electrons. The molecule has 1 atom stereocenters. The minimum Gasteiger partial charge on any atom is -0.337 e. The highest BCUT2D eigenvalue weighted by molar-refractivity contribution is 7.12. The number of rotatable bonds is 7. The number of halogens is 2. The zero-order valence-electron chi connectivity index (χ0n) is 19.3. The maximum absolute atomic E-state index is 14.5. The predicted molar refractivity (Wildman–Crippen MR) is 131 cm³/mol. The van der Waals surface area contributed by atoms with Crippen molar-refractivity contribution in [3.05, 3.63) is 74.4 Å². The van der Waals surface area contributed by atoms with Crippen molar-refractivity contribution in [2.75, 3.05) is 20.1 Å². The molecule has 0 saturated carbocycles. The molecule has 3 heterocycles. The first-order valence-electron chi connectivity index (χ1n) is 11.3. The second-order valence-corrected chi connectivity index (χ2v) is 10.2. The average molecular weight is 489 g/mol. The summed E-state index contributed by atoms with van der Waals surface area (Å²) in [5.41, 5.74) is 2.70. The van der Waals surface area contributed by atoms with Gasteiger partial charge in [-0.15, -0.1) is 11.3 Å². The summed E-state index contributed by atoms with van der Waals surface area (Å²) >= 11 is 7.88. The third-order valence-electron chi connectivity index (χ3n) is 6.76. The summed E-state index contributed by atoms with van der Waals surface area (Å²) in [7, 11) is 3.72. The Morgan fingerprint density at radius 3 is 2.61 bits per heavy atom. The van der Waals surface area contributed by atoms with Gasteiger partial charge in [0, 0.05) is 32.2 Å². The summed E-state index contributed by atoms with van der Waals surface area (Å²) in [5, 5.41) is 7.02. The smallest absolute Gasteiger partial charge is 0.263 e. The van der Waals surface area contributed by atoms with E-state index in [0.717, 1.165) is 48.6 Å². The molecule has 0 bridgehead atoms. The minimum absolute atomic E-state index is 0.00605. The molecule has 3 aromatic rings. The van der Waals surface area contributed by atoms with Crippen molar-refractivity contribution in [3.8, 4) is 0 Å². The number of hydrogen-bond acceptors (Lipinski definition) is 4. The van der Waals surface area contributed by atoms with Gasteiger partial charge in [-0.25, -0.2) is 4.39 Å². The van der Waals surface area contributed by atoms with Crippen molar-refractivity contribution in [1.29, 1.82) is 0 Å². The number of aryl methyl sites for hydroxylation is 2. The van der Waals surface area contributed by atoms with Crippen LogP contribution in [0.25, 0.3) is 0 Å². The maximum Gasteiger partial charge on any atom is 0.263 e. The molecular weight excluding hydrogens is 459 g/mol. The molecule has 8 heteroatoms. The quantitative estimate of drug-likeness (QED) is 0.460. The van der Waals surface area contributed by atoms with E-state index in [4.69, 9.17) is 11.6 Å². The Morgan fingerprint density at radius 1 is 1.27 bits per heavy atom. The van der Waals surface area contributed by atoms with E-state index in [2.05, 4.69) is 10.00 Å². The number of thiophene rings is 1. The summed E-state index contributed by atoms with van der Waals surface area (Å²) in [5.74, 6) is 0.0883. The van der Waals surface area contributed by atoms with Crippen LogP contribution in [0.15, 0.2) is 41.8 Å². The van der Waals surface area contributed by atoms with Crippen LogP contribution in [0.3, 0.4) is 0 Å². The molecular formula is C25H30ClFN4OS. The highest BCUT2D eigenvalue weighted by Gasteiger charge is 2.33. The second-order valence-electron chi connectivity index (χ2n) is 8.85. The topological polar surface area (TPSA) is 41.4 Å². The van der Waals surface area contributed by atoms with Crippen molar-refractivity contribution in [3.63, 3.8) is 0 Å². The second kappa shape index (κ2) is 10.4. The molecule has 0 radical (unpaired) electrons. The van der Waals surface area contributed by atoms with Crippen molar-refractivity contribution < 1.29 is 9.18 Å². The van der Waals surface area contributed by atoms with E-state index in [1.165, 1.54) is 17.4 Å². The van der Waals surface area contributed by atoms with Crippen LogP contribution in [0.4, 0.5) is 4.39 Å². The van der Waals surface area contributed by atoms with Crippen molar-refractivity contribution in [2.24, 2.45) is 13.0 Å². The summed E-state index contributed by atoms with van der Waals surface area (Å²) in [4.78, 5) is 18.1. The first kappa shape index (κ1) is 23.9. The molecule has 0 spiro atoms. The van der Waals surface area contributed by atoms with Crippen molar-refractivity contribution in [1.82, 2.24) is 19.6 Å². The van der Waals surface area contributed by atoms with Gasteiger partial charge in [-0.1, -0.05) is 35.9 Å². The van der Waals surface area contributed by atoms with Gasteiger partial charge in [-0.2, -0.15) is 5.10 Å². The molecule has 4 rings (SSSR count). The predicted octanol–water partition coefficient (Wildman–Crippen LogP) is 5.18. The summed E-state index contributed by atoms with van der Waals surface area (Å²) in [6.45, 7) is 4.57. The highest BCUT2D eigenvalue weighted by Crippen LogP contribution is 2.30. The fraction of sp³-hybridized carbons (Fsp3) is 0.440. The Bertz CT molecular complexity index is 1090. The number of amides is 1. The molecule has 0 aliphatic carbocycles. The lowest BCUT2D eigenvalue weighted by molar-refractivity contribution is 0.0587. The van der Waals surface area contributed by atoms with Crippen LogP contribution in [0, 0.1) is 18.7 Å². The molecule has 1 aliphatic rings. The molecule has 33 heavy (non-hydrogen) atoms. The SMILES string of the molecule is Cc1nn(C)c(Cl)c1CN1CCC([C@@H](Cc2ccccc2F)N(C)C(=O)c2cccs2)CC1. The number of likely N-dealkylation sites (tertiary alicyclic amines) is 1. The normalized spacial score (nSPS) is 16.2. The van der Waals surface area contributed by atoms with Crippen LogP contribution in [0.5, 0.6) is 0 Å². The van der Waals surface area contributed by atoms with E-state index in [9.17, 15) is 9.18 Å². The standard InChI is InChI=1S/C25H30ClFN4OS/c1-17-20(24(26)30(3)28-17)16-31-12-10-18(11-13-31)22(15-19-7-4-5-8-21(19)27)29(2)25(32)23-9-6-14-33-23/h4-9,14,18,22H,10-13,15-16H2,1-3H3/t22-/m1/s1. The van der Waals surface area contributed by atoms with Crippen molar-refractivity contribution >= 4 is 28.8 Å². The van der Waals surface area contributed by atoms with Gasteiger partial charge in [0.15, 0.2) is 0 Å². The van der Waals surface area contributed by atoms with Gasteiger partial charge in [0.2, 0.25) is 0 Å². The number of hydrogen-bond donors (Lipinski definition) is 0. The Labute approximate surface area is 203 Å². The van der Waals surface area contributed by atoms with E-state index in [-0.39, 0.29) is 17.8 Å². The first-order valence-corrected chi connectivity index (χ1v) is 12.5. The van der Waals surface area contributed by atoms with Gasteiger partial charge in [0.25, 0.3) is 5.91 Å². The molecule has 1 aliphatic heterocycles. The number of piperidine rings is 1. The molecule has 1 amide bonds. The zero-order valence-corrected chi connectivity index (χ0v) is 20.9. The fourth-order valence-corrected chi connectivity index (χ4v) is 5.75. The van der Waals surface area contributed by atoms with E-state index in [1.807, 2.05) is 55.6 Å². The number of carbonyl (C=O) groups excluding carboxylic acids is 1. The number of aromatic nitrogens is 2. The van der Waals surface area contributed by atoms with E-state index in [0.29, 0.717) is 23.1 Å². The van der Waals surface area contributed by atoms with Crippen LogP contribution >= 0.6 is 22.9 Å². The molecule has 1 fully saturated rings. The molecule has 0 N–H and O–H groups in total. The summed E-state index contributed by atoms with van der Waals surface area (Å²) in [6, 6.07) is 10.6. The largest absolute Gasteiger partial charge is 0.337 e. The monoisotopic (exact) mass is 488 g/mol. The lowest BCUT2D eigenvalue weighted by Gasteiger charge is -2.40. The molecule has 1 saturated heterocycles. The van der Waals surface area contributed by atoms with Gasteiger partial charge in [0.1, 0.15) is 11.0 Å². The highest BCUT2D eigenvalue weighted by atomic mass is 35.5. The van der Waals surface area contributed by atoms with E-state index >= 15 is 0 Å². The zero-order chi connectivity index (χ0) is 23.5. The molecule has 2 aromatic heterocycles. The van der Waals surface area contributed by atoms with Gasteiger partial charge >= 0.3 is 0 Å². The van der Waals surface area contributed by atoms with Crippen LogP contribution in [0.1, 0.15) is 39.3 Å². The van der Waals surface area contributed by atoms with Gasteiger partial charge in [-0.05, 0) is 68.3 Å². The lowest BCUT2D eigenvalue weighted by atomic mass is 9.84. The van der Waals surface area contributed by atoms with Gasteiger partial charge < -0.3 is 4.90 Å². The Morgan fingerprint density at radius 2 is 2.00 bits per heavy atom. The molecule has 1 aromatic carbocycles. The Balaban J connectivity index is 1.49. The van der Waals surface area contributed by atoms with Crippen molar-refractivity contribution in [2.45, 2.75) is 38.8 Å². The lowest BCUT2D eigenvalue weighted by Crippen LogP contribution is -2.47. The van der Waals surface area contributed by atoms with E-state index < -0.39 is 0 Å². The summed E-state index contributed by atoms with van der Waals surface area (Å²) in [6.07, 6.45) is 2.40. The minimum atomic E-state index is -0.210. The average Bonchev–Trinajstić information content (AvgIpc) is 3.43. The molecule has 0 unspecified atom stereocenters. The van der Waals surface area contributed by atoms with E-state index in [1.54, 1.807) is 10.7 Å². The fourth-order valence-electron chi connectivity index (χ4n) is 4.81. The van der Waals surface area contributed by atoms with Gasteiger partial charge in [0.05, 0.1) is 10.6 Å².